The molecule has 0 unspecified atom stereocenters. The molecule has 1 aromatic rings. The zero-order chi connectivity index (χ0) is 13.9. The Hall–Kier alpha value is -0.820. The van der Waals surface area contributed by atoms with Crippen LogP contribution in [0, 0.1) is 0 Å². The van der Waals surface area contributed by atoms with Gasteiger partial charge in [-0.2, -0.15) is 0 Å². The zero-order valence-corrected chi connectivity index (χ0v) is 12.9. The highest BCUT2D eigenvalue weighted by atomic mass is 32.2. The van der Waals surface area contributed by atoms with Crippen molar-refractivity contribution in [3.8, 4) is 0 Å². The topological polar surface area (TPSA) is 75.1 Å². The second-order valence-electron chi connectivity index (χ2n) is 4.25. The molecule has 1 rings (SSSR count). The van der Waals surface area contributed by atoms with Gasteiger partial charge in [0.05, 0.1) is 5.75 Å². The Morgan fingerprint density at radius 1 is 1.26 bits per heavy atom. The molecule has 0 aromatic carbocycles. The Balaban J connectivity index is 2.07. The summed E-state index contributed by atoms with van der Waals surface area (Å²) in [6, 6.07) is 0. The number of anilines is 1. The van der Waals surface area contributed by atoms with Crippen molar-refractivity contribution < 1.29 is 9.90 Å². The van der Waals surface area contributed by atoms with Crippen molar-refractivity contribution in [2.45, 2.75) is 49.8 Å². The van der Waals surface area contributed by atoms with E-state index in [0.29, 0.717) is 4.34 Å². The molecule has 5 nitrogen and oxygen atoms in total. The average molecular weight is 303 g/mol. The zero-order valence-electron chi connectivity index (χ0n) is 11.2. The highest BCUT2D eigenvalue weighted by Gasteiger charge is 2.06. The Morgan fingerprint density at radius 3 is 2.74 bits per heavy atom. The van der Waals surface area contributed by atoms with E-state index in [0.717, 1.165) is 18.1 Å². The molecule has 0 radical (unpaired) electrons. The molecule has 1 aromatic heterocycles. The van der Waals surface area contributed by atoms with Crippen molar-refractivity contribution in [3.05, 3.63) is 0 Å². The van der Waals surface area contributed by atoms with Gasteiger partial charge in [-0.3, -0.25) is 4.79 Å². The van der Waals surface area contributed by atoms with Crippen LogP contribution in [-0.2, 0) is 4.79 Å². The van der Waals surface area contributed by atoms with Crippen LogP contribution in [0.15, 0.2) is 4.34 Å². The molecule has 0 amide bonds. The van der Waals surface area contributed by atoms with Crippen LogP contribution >= 0.6 is 23.1 Å². The molecular formula is C12H21N3O2S2. The predicted octanol–water partition coefficient (Wildman–Crippen LogP) is 3.49. The molecule has 7 heteroatoms. The van der Waals surface area contributed by atoms with Gasteiger partial charge in [0, 0.05) is 6.54 Å². The first-order valence-electron chi connectivity index (χ1n) is 6.64. The molecule has 0 fully saturated rings. The molecule has 108 valence electrons. The van der Waals surface area contributed by atoms with Crippen molar-refractivity contribution in [1.29, 1.82) is 0 Å². The first-order valence-corrected chi connectivity index (χ1v) is 8.44. The number of carboxylic acid groups (broad SMARTS) is 1. The highest BCUT2D eigenvalue weighted by molar-refractivity contribution is 8.01. The molecule has 1 heterocycles. The third-order valence-corrected chi connectivity index (χ3v) is 4.53. The molecule has 0 aliphatic carbocycles. The van der Waals surface area contributed by atoms with Gasteiger partial charge in [-0.25, -0.2) is 0 Å². The minimum atomic E-state index is -0.832. The SMILES string of the molecule is CCCCCCCCNc1nnc(SCC(=O)O)s1. The van der Waals surface area contributed by atoms with Gasteiger partial charge in [-0.1, -0.05) is 62.1 Å². The standard InChI is InChI=1S/C12H21N3O2S2/c1-2-3-4-5-6-7-8-13-11-14-15-12(19-11)18-9-10(16)17/h2-9H2,1H3,(H,13,14)(H,16,17). The lowest BCUT2D eigenvalue weighted by molar-refractivity contribution is -0.133. The first-order chi connectivity index (χ1) is 9.22. The summed E-state index contributed by atoms with van der Waals surface area (Å²) >= 11 is 2.62. The van der Waals surface area contributed by atoms with Gasteiger partial charge >= 0.3 is 5.97 Å². The quantitative estimate of drug-likeness (QED) is 0.481. The van der Waals surface area contributed by atoms with Crippen LogP contribution < -0.4 is 5.32 Å². The van der Waals surface area contributed by atoms with Crippen molar-refractivity contribution >= 4 is 34.2 Å². The average Bonchev–Trinajstić information content (AvgIpc) is 2.83. The maximum atomic E-state index is 10.4. The van der Waals surface area contributed by atoms with Crippen LogP contribution in [-0.4, -0.2) is 33.6 Å². The van der Waals surface area contributed by atoms with E-state index in [1.165, 1.54) is 55.2 Å². The number of hydrogen-bond donors (Lipinski definition) is 2. The van der Waals surface area contributed by atoms with Crippen LogP contribution in [0.2, 0.25) is 0 Å². The highest BCUT2D eigenvalue weighted by Crippen LogP contribution is 2.25. The number of nitrogens with one attached hydrogen (secondary N) is 1. The number of carbonyl (C=O) groups is 1. The number of carboxylic acids is 1. The lowest BCUT2D eigenvalue weighted by atomic mass is 10.1. The summed E-state index contributed by atoms with van der Waals surface area (Å²) < 4.78 is 0.702. The van der Waals surface area contributed by atoms with Gasteiger partial charge in [-0.15, -0.1) is 10.2 Å². The number of thioether (sulfide) groups is 1. The first kappa shape index (κ1) is 16.2. The lowest BCUT2D eigenvalue weighted by Crippen LogP contribution is -2.00. The fourth-order valence-corrected chi connectivity index (χ4v) is 3.06. The van der Waals surface area contributed by atoms with Crippen molar-refractivity contribution in [2.75, 3.05) is 17.6 Å². The predicted molar refractivity (Wildman–Crippen MR) is 80.1 cm³/mol. The van der Waals surface area contributed by atoms with Crippen LogP contribution in [0.3, 0.4) is 0 Å². The van der Waals surface area contributed by atoms with Crippen LogP contribution in [0.4, 0.5) is 5.13 Å². The molecule has 0 saturated carbocycles. The molecule has 0 aliphatic heterocycles. The largest absolute Gasteiger partial charge is 0.481 e. The van der Waals surface area contributed by atoms with Crippen LogP contribution in [0.25, 0.3) is 0 Å². The van der Waals surface area contributed by atoms with Gasteiger partial charge in [-0.05, 0) is 6.42 Å². The minimum absolute atomic E-state index is 0.0338. The Bertz CT molecular complexity index is 372. The number of aromatic nitrogens is 2. The van der Waals surface area contributed by atoms with Crippen molar-refractivity contribution in [3.63, 3.8) is 0 Å². The molecular weight excluding hydrogens is 282 g/mol. The summed E-state index contributed by atoms with van der Waals surface area (Å²) in [7, 11) is 0. The Morgan fingerprint density at radius 2 is 2.00 bits per heavy atom. The maximum Gasteiger partial charge on any atom is 0.313 e. The molecule has 0 saturated heterocycles. The lowest BCUT2D eigenvalue weighted by Gasteiger charge is -2.01. The second kappa shape index (κ2) is 10.0. The maximum absolute atomic E-state index is 10.4. The number of rotatable bonds is 11. The molecule has 0 bridgehead atoms. The van der Waals surface area contributed by atoms with E-state index in [2.05, 4.69) is 22.4 Å². The number of hydrogen-bond acceptors (Lipinski definition) is 6. The van der Waals surface area contributed by atoms with E-state index < -0.39 is 5.97 Å². The van der Waals surface area contributed by atoms with Gasteiger partial charge in [0.15, 0.2) is 4.34 Å². The fourth-order valence-electron chi connectivity index (χ4n) is 1.56. The van der Waals surface area contributed by atoms with Crippen LogP contribution in [0.1, 0.15) is 45.4 Å². The van der Waals surface area contributed by atoms with Gasteiger partial charge in [0.2, 0.25) is 5.13 Å². The molecule has 0 spiro atoms. The molecule has 0 aliphatic rings. The third-order valence-electron chi connectivity index (χ3n) is 2.53. The van der Waals surface area contributed by atoms with Gasteiger partial charge in [0.25, 0.3) is 0 Å². The van der Waals surface area contributed by atoms with E-state index in [9.17, 15) is 4.79 Å². The summed E-state index contributed by atoms with van der Waals surface area (Å²) in [5, 5.41) is 20.5. The Labute approximate surface area is 122 Å². The Kier molecular flexibility index (Phi) is 8.57. The van der Waals surface area contributed by atoms with E-state index in [1.54, 1.807) is 0 Å². The fraction of sp³-hybridized carbons (Fsp3) is 0.750. The van der Waals surface area contributed by atoms with Crippen molar-refractivity contribution in [2.24, 2.45) is 0 Å². The van der Waals surface area contributed by atoms with Gasteiger partial charge in [0.1, 0.15) is 0 Å². The summed E-state index contributed by atoms with van der Waals surface area (Å²) in [5.74, 6) is -0.798. The van der Waals surface area contributed by atoms with Gasteiger partial charge < -0.3 is 10.4 Å². The molecule has 2 N–H and O–H groups in total. The molecule has 19 heavy (non-hydrogen) atoms. The monoisotopic (exact) mass is 303 g/mol. The number of nitrogens with zero attached hydrogens (tertiary/aromatic N) is 2. The van der Waals surface area contributed by atoms with Crippen molar-refractivity contribution in [1.82, 2.24) is 10.2 Å². The van der Waals surface area contributed by atoms with E-state index >= 15 is 0 Å². The van der Waals surface area contributed by atoms with E-state index in [1.807, 2.05) is 0 Å². The second-order valence-corrected chi connectivity index (χ2v) is 6.45. The minimum Gasteiger partial charge on any atom is -0.481 e. The smallest absolute Gasteiger partial charge is 0.313 e. The third kappa shape index (κ3) is 8.05. The summed E-state index contributed by atoms with van der Waals surface area (Å²) in [6.45, 7) is 3.13. The molecule has 0 atom stereocenters. The van der Waals surface area contributed by atoms with Crippen LogP contribution in [0.5, 0.6) is 0 Å². The normalized spacial score (nSPS) is 10.6. The number of unbranched alkanes of at least 4 members (excludes halogenated alkanes) is 5. The summed E-state index contributed by atoms with van der Waals surface area (Å²) in [5.41, 5.74) is 0. The van der Waals surface area contributed by atoms with E-state index in [4.69, 9.17) is 5.11 Å². The van der Waals surface area contributed by atoms with E-state index in [-0.39, 0.29) is 5.75 Å². The summed E-state index contributed by atoms with van der Waals surface area (Å²) in [4.78, 5) is 10.4. The number of aliphatic carboxylic acids is 1. The summed E-state index contributed by atoms with van der Waals surface area (Å²) in [6.07, 6.45) is 7.61.